The highest BCUT2D eigenvalue weighted by molar-refractivity contribution is 5.99. The van der Waals surface area contributed by atoms with Crippen LogP contribution >= 0.6 is 0 Å². The van der Waals surface area contributed by atoms with Gasteiger partial charge >= 0.3 is 0 Å². The fraction of sp³-hybridized carbons (Fsp3) is 0.0556. The van der Waals surface area contributed by atoms with E-state index >= 15 is 0 Å². The number of pyridine rings is 2. The molecule has 3 aromatic heterocycles. The van der Waals surface area contributed by atoms with Gasteiger partial charge in [0.25, 0.3) is 17.0 Å². The molecule has 0 aliphatic heterocycles. The Hall–Kier alpha value is -3.61. The van der Waals surface area contributed by atoms with Gasteiger partial charge in [-0.25, -0.2) is 9.97 Å². The van der Waals surface area contributed by atoms with E-state index in [0.717, 1.165) is 4.68 Å². The summed E-state index contributed by atoms with van der Waals surface area (Å²) in [6.07, 6.45) is 1.61. The third-order valence-corrected chi connectivity index (χ3v) is 4.03. The summed E-state index contributed by atoms with van der Waals surface area (Å²) < 4.78 is 0.733. The van der Waals surface area contributed by atoms with Crippen LogP contribution in [0.1, 0.15) is 16.1 Å². The molecule has 7 nitrogen and oxygen atoms in total. The quantitative estimate of drug-likeness (QED) is 0.571. The second-order valence-electron chi connectivity index (χ2n) is 5.60. The van der Waals surface area contributed by atoms with Crippen molar-refractivity contribution in [3.63, 3.8) is 0 Å². The Kier molecular flexibility index (Phi) is 3.28. The topological polar surface area (TPSA) is 97.7 Å². The summed E-state index contributed by atoms with van der Waals surface area (Å²) in [5, 5.41) is 3.45. The second kappa shape index (κ2) is 5.48. The van der Waals surface area contributed by atoms with Crippen molar-refractivity contribution in [2.75, 3.05) is 0 Å². The molecule has 0 saturated heterocycles. The van der Waals surface area contributed by atoms with Crippen LogP contribution in [0.5, 0.6) is 0 Å². The number of carbonyl (C=O) groups is 1. The third-order valence-electron chi connectivity index (χ3n) is 4.03. The predicted octanol–water partition coefficient (Wildman–Crippen LogP) is 1.63. The number of aromatic amines is 1. The van der Waals surface area contributed by atoms with Gasteiger partial charge < -0.3 is 0 Å². The molecule has 0 aliphatic carbocycles. The molecule has 0 aliphatic rings. The molecule has 0 radical (unpaired) electrons. The van der Waals surface area contributed by atoms with Gasteiger partial charge in [0.1, 0.15) is 0 Å². The highest BCUT2D eigenvalue weighted by atomic mass is 16.2. The average molecular weight is 332 g/mol. The van der Waals surface area contributed by atoms with Crippen LogP contribution in [0.15, 0.2) is 58.3 Å². The Labute approximate surface area is 140 Å². The lowest BCUT2D eigenvalue weighted by atomic mass is 10.1. The number of H-pyrrole nitrogens is 1. The number of hydrogen-bond donors (Lipinski definition) is 1. The molecule has 0 bridgehead atoms. The molecule has 122 valence electrons. The number of benzene rings is 1. The molecular formula is C18H12N4O3. The van der Waals surface area contributed by atoms with Crippen molar-refractivity contribution >= 4 is 27.7 Å². The van der Waals surface area contributed by atoms with Crippen LogP contribution in [0.3, 0.4) is 0 Å². The van der Waals surface area contributed by atoms with Gasteiger partial charge in [0.05, 0.1) is 22.0 Å². The van der Waals surface area contributed by atoms with E-state index in [1.807, 2.05) is 0 Å². The molecule has 4 rings (SSSR count). The van der Waals surface area contributed by atoms with E-state index in [9.17, 15) is 14.4 Å². The number of hydrogen-bond acceptors (Lipinski definition) is 5. The SMILES string of the molecule is Cc1nc2ncccc2cc1C(=O)n1[nH]c(=O)c2ccccc2c1=O. The van der Waals surface area contributed by atoms with Crippen LogP contribution < -0.4 is 11.1 Å². The number of fused-ring (bicyclic) bond motifs is 2. The van der Waals surface area contributed by atoms with Crippen LogP contribution in [0.25, 0.3) is 21.8 Å². The van der Waals surface area contributed by atoms with Gasteiger partial charge in [0, 0.05) is 11.6 Å². The Morgan fingerprint density at radius 3 is 2.64 bits per heavy atom. The molecule has 0 saturated carbocycles. The van der Waals surface area contributed by atoms with E-state index in [1.54, 1.807) is 49.5 Å². The fourth-order valence-corrected chi connectivity index (χ4v) is 2.78. The first kappa shape index (κ1) is 14.9. The molecule has 1 aromatic carbocycles. The lowest BCUT2D eigenvalue weighted by Crippen LogP contribution is -2.35. The highest BCUT2D eigenvalue weighted by Gasteiger charge is 2.18. The van der Waals surface area contributed by atoms with Gasteiger partial charge in [0.15, 0.2) is 5.65 Å². The minimum atomic E-state index is -0.636. The molecular weight excluding hydrogens is 320 g/mol. The van der Waals surface area contributed by atoms with Gasteiger partial charge in [-0.3, -0.25) is 19.5 Å². The first-order valence-corrected chi connectivity index (χ1v) is 7.57. The Bertz CT molecular complexity index is 1270. The summed E-state index contributed by atoms with van der Waals surface area (Å²) in [5.74, 6) is -0.636. The maximum absolute atomic E-state index is 12.9. The molecule has 7 heteroatoms. The lowest BCUT2D eigenvalue weighted by molar-refractivity contribution is 0.0938. The standard InChI is InChI=1S/C18H12N4O3/c1-10-14(9-11-5-4-8-19-15(11)20-10)18(25)22-17(24)13-7-3-2-6-12(13)16(23)21-22/h2-9H,1H3,(H,21,23). The van der Waals surface area contributed by atoms with E-state index < -0.39 is 17.0 Å². The minimum Gasteiger partial charge on any atom is -0.267 e. The largest absolute Gasteiger partial charge is 0.281 e. The lowest BCUT2D eigenvalue weighted by Gasteiger charge is -2.08. The summed E-state index contributed by atoms with van der Waals surface area (Å²) in [6, 6.07) is 11.5. The van der Waals surface area contributed by atoms with Gasteiger partial charge in [-0.15, -0.1) is 0 Å². The molecule has 0 fully saturated rings. The molecule has 3 heterocycles. The number of aryl methyl sites for hydroxylation is 1. The van der Waals surface area contributed by atoms with E-state index in [2.05, 4.69) is 15.1 Å². The van der Waals surface area contributed by atoms with Crippen LogP contribution in [0.2, 0.25) is 0 Å². The normalized spacial score (nSPS) is 11.1. The fourth-order valence-electron chi connectivity index (χ4n) is 2.78. The van der Waals surface area contributed by atoms with Gasteiger partial charge in [-0.1, -0.05) is 12.1 Å². The minimum absolute atomic E-state index is 0.188. The van der Waals surface area contributed by atoms with Gasteiger partial charge in [0.2, 0.25) is 0 Å². The van der Waals surface area contributed by atoms with E-state index in [1.165, 1.54) is 6.07 Å². The van der Waals surface area contributed by atoms with Crippen molar-refractivity contribution in [2.24, 2.45) is 0 Å². The smallest absolute Gasteiger partial charge is 0.267 e. The van der Waals surface area contributed by atoms with E-state index in [0.29, 0.717) is 16.7 Å². The average Bonchev–Trinajstić information content (AvgIpc) is 2.63. The van der Waals surface area contributed by atoms with E-state index in [-0.39, 0.29) is 16.3 Å². The van der Waals surface area contributed by atoms with Crippen LogP contribution in [0.4, 0.5) is 0 Å². The van der Waals surface area contributed by atoms with Crippen molar-refractivity contribution in [1.82, 2.24) is 19.7 Å². The van der Waals surface area contributed by atoms with Crippen molar-refractivity contribution in [3.8, 4) is 0 Å². The highest BCUT2D eigenvalue weighted by Crippen LogP contribution is 2.15. The van der Waals surface area contributed by atoms with E-state index in [4.69, 9.17) is 0 Å². The Morgan fingerprint density at radius 2 is 1.84 bits per heavy atom. The summed E-state index contributed by atoms with van der Waals surface area (Å²) in [4.78, 5) is 46.1. The van der Waals surface area contributed by atoms with Gasteiger partial charge in [-0.05, 0) is 37.3 Å². The Morgan fingerprint density at radius 1 is 1.08 bits per heavy atom. The van der Waals surface area contributed by atoms with Crippen molar-refractivity contribution in [3.05, 3.63) is 80.6 Å². The zero-order chi connectivity index (χ0) is 17.6. The summed E-state index contributed by atoms with van der Waals surface area (Å²) in [7, 11) is 0. The summed E-state index contributed by atoms with van der Waals surface area (Å²) in [5.41, 5.74) is 0.0871. The van der Waals surface area contributed by atoms with Gasteiger partial charge in [-0.2, -0.15) is 4.68 Å². The van der Waals surface area contributed by atoms with Crippen molar-refractivity contribution < 1.29 is 4.79 Å². The third kappa shape index (κ3) is 2.33. The number of carbonyl (C=O) groups excluding carboxylic acids is 1. The molecule has 0 spiro atoms. The first-order chi connectivity index (χ1) is 12.1. The number of nitrogens with zero attached hydrogens (tertiary/aromatic N) is 3. The zero-order valence-electron chi connectivity index (χ0n) is 13.2. The van der Waals surface area contributed by atoms with Crippen LogP contribution in [-0.4, -0.2) is 25.7 Å². The number of aromatic nitrogens is 4. The summed E-state index contributed by atoms with van der Waals surface area (Å²) in [6.45, 7) is 1.66. The molecule has 0 amide bonds. The summed E-state index contributed by atoms with van der Waals surface area (Å²) >= 11 is 0. The zero-order valence-corrected chi connectivity index (χ0v) is 13.2. The number of nitrogens with one attached hydrogen (secondary N) is 1. The molecule has 25 heavy (non-hydrogen) atoms. The maximum Gasteiger partial charge on any atom is 0.281 e. The molecule has 4 aromatic rings. The molecule has 1 N–H and O–H groups in total. The monoisotopic (exact) mass is 332 g/mol. The predicted molar refractivity (Wildman–Crippen MR) is 92.8 cm³/mol. The second-order valence-corrected chi connectivity index (χ2v) is 5.60. The number of rotatable bonds is 1. The Balaban J connectivity index is 1.97. The van der Waals surface area contributed by atoms with Crippen molar-refractivity contribution in [1.29, 1.82) is 0 Å². The van der Waals surface area contributed by atoms with Crippen LogP contribution in [0, 0.1) is 6.92 Å². The molecule has 0 atom stereocenters. The van der Waals surface area contributed by atoms with Crippen molar-refractivity contribution in [2.45, 2.75) is 6.92 Å². The maximum atomic E-state index is 12.9. The van der Waals surface area contributed by atoms with Crippen LogP contribution in [-0.2, 0) is 0 Å². The molecule has 0 unspecified atom stereocenters. The first-order valence-electron chi connectivity index (χ1n) is 7.57.